The molecule has 0 heterocycles. The van der Waals surface area contributed by atoms with Gasteiger partial charge in [-0.15, -0.1) is 0 Å². The zero-order valence-corrected chi connectivity index (χ0v) is 12.3. The van der Waals surface area contributed by atoms with Crippen LogP contribution in [0.25, 0.3) is 0 Å². The van der Waals surface area contributed by atoms with Gasteiger partial charge in [-0.3, -0.25) is 0 Å². The summed E-state index contributed by atoms with van der Waals surface area (Å²) in [4.78, 5) is 0. The molecule has 1 unspecified atom stereocenters. The molecule has 0 radical (unpaired) electrons. The third kappa shape index (κ3) is 3.80. The Balaban J connectivity index is 2.11. The maximum Gasteiger partial charge on any atom is 0.123 e. The predicted octanol–water partition coefficient (Wildman–Crippen LogP) is 3.86. The van der Waals surface area contributed by atoms with Crippen molar-refractivity contribution >= 4 is 0 Å². The molecule has 1 fully saturated rings. The molecule has 112 valence electrons. The lowest BCUT2D eigenvalue weighted by molar-refractivity contribution is -0.128. The minimum absolute atomic E-state index is 0.249. The molecule has 1 aromatic carbocycles. The molecule has 0 amide bonds. The largest absolute Gasteiger partial charge is 0.390 e. The van der Waals surface area contributed by atoms with Crippen LogP contribution in [0.5, 0.6) is 0 Å². The lowest BCUT2D eigenvalue weighted by atomic mass is 9.84. The van der Waals surface area contributed by atoms with Crippen molar-refractivity contribution in [3.63, 3.8) is 0 Å². The first kappa shape index (κ1) is 15.5. The van der Waals surface area contributed by atoms with E-state index in [2.05, 4.69) is 0 Å². The first-order chi connectivity index (χ1) is 9.66. The Morgan fingerprint density at radius 3 is 2.55 bits per heavy atom. The lowest BCUT2D eigenvalue weighted by Crippen LogP contribution is -2.46. The SMILES string of the molecule is CCOC1(C(O)Cc2cccc(F)c2)CCCCCC1. The number of hydrogen-bond acceptors (Lipinski definition) is 2. The molecule has 0 spiro atoms. The zero-order chi connectivity index (χ0) is 14.4. The van der Waals surface area contributed by atoms with E-state index in [-0.39, 0.29) is 5.82 Å². The van der Waals surface area contributed by atoms with Gasteiger partial charge in [0.05, 0.1) is 11.7 Å². The Bertz CT molecular complexity index is 411. The van der Waals surface area contributed by atoms with Gasteiger partial charge in [0.15, 0.2) is 0 Å². The van der Waals surface area contributed by atoms with E-state index in [0.29, 0.717) is 13.0 Å². The topological polar surface area (TPSA) is 29.5 Å². The molecule has 1 aromatic rings. The number of rotatable bonds is 5. The summed E-state index contributed by atoms with van der Waals surface area (Å²) in [5.41, 5.74) is 0.387. The summed E-state index contributed by atoms with van der Waals surface area (Å²) in [6, 6.07) is 6.49. The lowest BCUT2D eigenvalue weighted by Gasteiger charge is -2.37. The van der Waals surface area contributed by atoms with Gasteiger partial charge in [0.1, 0.15) is 5.82 Å². The minimum atomic E-state index is -0.567. The highest BCUT2D eigenvalue weighted by Gasteiger charge is 2.38. The Labute approximate surface area is 121 Å². The number of halogens is 1. The smallest absolute Gasteiger partial charge is 0.123 e. The van der Waals surface area contributed by atoms with Gasteiger partial charge in [-0.1, -0.05) is 37.8 Å². The van der Waals surface area contributed by atoms with E-state index in [1.165, 1.54) is 25.0 Å². The number of aliphatic hydroxyl groups excluding tert-OH is 1. The van der Waals surface area contributed by atoms with Crippen molar-refractivity contribution in [3.8, 4) is 0 Å². The molecular weight excluding hydrogens is 255 g/mol. The normalized spacial score (nSPS) is 20.4. The van der Waals surface area contributed by atoms with E-state index in [1.54, 1.807) is 6.07 Å². The van der Waals surface area contributed by atoms with Crippen LogP contribution in [-0.4, -0.2) is 23.4 Å². The van der Waals surface area contributed by atoms with Crippen LogP contribution >= 0.6 is 0 Å². The highest BCUT2D eigenvalue weighted by atomic mass is 19.1. The van der Waals surface area contributed by atoms with Crippen molar-refractivity contribution in [2.45, 2.75) is 63.6 Å². The van der Waals surface area contributed by atoms with E-state index in [0.717, 1.165) is 31.2 Å². The van der Waals surface area contributed by atoms with E-state index < -0.39 is 11.7 Å². The van der Waals surface area contributed by atoms with Gasteiger partial charge in [0.2, 0.25) is 0 Å². The van der Waals surface area contributed by atoms with E-state index >= 15 is 0 Å². The molecule has 0 aliphatic heterocycles. The summed E-state index contributed by atoms with van der Waals surface area (Å²) in [6.07, 6.45) is 6.30. The molecule has 2 nitrogen and oxygen atoms in total. The second-order valence-electron chi connectivity index (χ2n) is 5.76. The van der Waals surface area contributed by atoms with Crippen LogP contribution in [0.15, 0.2) is 24.3 Å². The van der Waals surface area contributed by atoms with Crippen molar-refractivity contribution in [2.75, 3.05) is 6.61 Å². The Morgan fingerprint density at radius 1 is 1.25 bits per heavy atom. The molecule has 1 aliphatic carbocycles. The van der Waals surface area contributed by atoms with Crippen LogP contribution in [0.2, 0.25) is 0 Å². The molecule has 1 N–H and O–H groups in total. The summed E-state index contributed by atoms with van der Waals surface area (Å²) in [7, 11) is 0. The Kier molecular flexibility index (Phi) is 5.55. The highest BCUT2D eigenvalue weighted by Crippen LogP contribution is 2.34. The van der Waals surface area contributed by atoms with Crippen molar-refractivity contribution in [1.82, 2.24) is 0 Å². The highest BCUT2D eigenvalue weighted by molar-refractivity contribution is 5.18. The van der Waals surface area contributed by atoms with Crippen LogP contribution in [0.1, 0.15) is 51.0 Å². The van der Waals surface area contributed by atoms with Crippen LogP contribution in [0.3, 0.4) is 0 Å². The quantitative estimate of drug-likeness (QED) is 0.830. The average molecular weight is 280 g/mol. The fourth-order valence-electron chi connectivity index (χ4n) is 3.26. The van der Waals surface area contributed by atoms with Crippen LogP contribution in [-0.2, 0) is 11.2 Å². The number of aliphatic hydroxyl groups is 1. The fourth-order valence-corrected chi connectivity index (χ4v) is 3.26. The number of benzene rings is 1. The van der Waals surface area contributed by atoms with E-state index in [4.69, 9.17) is 4.74 Å². The summed E-state index contributed by atoms with van der Waals surface area (Å²) >= 11 is 0. The van der Waals surface area contributed by atoms with Gasteiger partial charge in [-0.05, 0) is 37.5 Å². The van der Waals surface area contributed by atoms with Gasteiger partial charge in [0, 0.05) is 13.0 Å². The van der Waals surface area contributed by atoms with E-state index in [9.17, 15) is 9.50 Å². The molecule has 1 aliphatic rings. The minimum Gasteiger partial charge on any atom is -0.390 e. The first-order valence-corrected chi connectivity index (χ1v) is 7.73. The molecule has 1 saturated carbocycles. The molecule has 0 aromatic heterocycles. The standard InChI is InChI=1S/C17H25FO2/c1-2-20-17(10-5-3-4-6-11-17)16(19)13-14-8-7-9-15(18)12-14/h7-9,12,16,19H,2-6,10-11,13H2,1H3. The van der Waals surface area contributed by atoms with E-state index in [1.807, 2.05) is 13.0 Å². The zero-order valence-electron chi connectivity index (χ0n) is 12.3. The predicted molar refractivity (Wildman–Crippen MR) is 78.2 cm³/mol. The Hall–Kier alpha value is -0.930. The fraction of sp³-hybridized carbons (Fsp3) is 0.647. The van der Waals surface area contributed by atoms with Gasteiger partial charge in [0.25, 0.3) is 0 Å². The summed E-state index contributed by atoms with van der Waals surface area (Å²) in [6.45, 7) is 2.59. The third-order valence-electron chi connectivity index (χ3n) is 4.31. The molecule has 0 saturated heterocycles. The molecule has 2 rings (SSSR count). The average Bonchev–Trinajstić information content (AvgIpc) is 2.66. The van der Waals surface area contributed by atoms with Crippen LogP contribution in [0.4, 0.5) is 4.39 Å². The van der Waals surface area contributed by atoms with Gasteiger partial charge >= 0.3 is 0 Å². The summed E-state index contributed by atoms with van der Waals surface area (Å²) in [5.74, 6) is -0.249. The Morgan fingerprint density at radius 2 is 1.95 bits per heavy atom. The monoisotopic (exact) mass is 280 g/mol. The maximum atomic E-state index is 13.3. The van der Waals surface area contributed by atoms with Gasteiger partial charge in [-0.25, -0.2) is 4.39 Å². The first-order valence-electron chi connectivity index (χ1n) is 7.73. The van der Waals surface area contributed by atoms with Crippen molar-refractivity contribution in [2.24, 2.45) is 0 Å². The van der Waals surface area contributed by atoms with Crippen LogP contribution in [0, 0.1) is 5.82 Å². The van der Waals surface area contributed by atoms with Crippen molar-refractivity contribution in [1.29, 1.82) is 0 Å². The maximum absolute atomic E-state index is 13.3. The molecule has 0 bridgehead atoms. The summed E-state index contributed by atoms with van der Waals surface area (Å²) < 4.78 is 19.2. The van der Waals surface area contributed by atoms with Gasteiger partial charge in [-0.2, -0.15) is 0 Å². The third-order valence-corrected chi connectivity index (χ3v) is 4.31. The van der Waals surface area contributed by atoms with Crippen LogP contribution < -0.4 is 0 Å². The molecule has 3 heteroatoms. The molecule has 20 heavy (non-hydrogen) atoms. The second-order valence-corrected chi connectivity index (χ2v) is 5.76. The number of ether oxygens (including phenoxy) is 1. The summed E-state index contributed by atoms with van der Waals surface area (Å²) in [5, 5.41) is 10.7. The van der Waals surface area contributed by atoms with Crippen molar-refractivity contribution in [3.05, 3.63) is 35.6 Å². The number of hydrogen-bond donors (Lipinski definition) is 1. The second kappa shape index (κ2) is 7.19. The van der Waals surface area contributed by atoms with Crippen molar-refractivity contribution < 1.29 is 14.2 Å². The molecular formula is C17H25FO2. The molecule has 1 atom stereocenters. The van der Waals surface area contributed by atoms with Gasteiger partial charge < -0.3 is 9.84 Å².